The third kappa shape index (κ3) is 7.13. The summed E-state index contributed by atoms with van der Waals surface area (Å²) in [5.74, 6) is -0.831. The lowest BCUT2D eigenvalue weighted by atomic mass is 10.00. The van der Waals surface area contributed by atoms with E-state index in [1.165, 1.54) is 29.0 Å². The van der Waals surface area contributed by atoms with Crippen LogP contribution in [0.4, 0.5) is 8.78 Å². The minimum absolute atomic E-state index is 0.0449. The number of hydrogen-bond acceptors (Lipinski definition) is 5. The van der Waals surface area contributed by atoms with Gasteiger partial charge in [0.25, 0.3) is 5.91 Å². The van der Waals surface area contributed by atoms with Crippen molar-refractivity contribution in [2.45, 2.75) is 45.4 Å². The third-order valence-corrected chi connectivity index (χ3v) is 7.05. The lowest BCUT2D eigenvalue weighted by Gasteiger charge is -2.25. The van der Waals surface area contributed by atoms with Gasteiger partial charge in [-0.3, -0.25) is 4.79 Å². The Morgan fingerprint density at radius 3 is 2.49 bits per heavy atom. The van der Waals surface area contributed by atoms with Gasteiger partial charge in [-0.1, -0.05) is 37.3 Å². The molecule has 0 aliphatic heterocycles. The maximum absolute atomic E-state index is 13.8. The molecule has 0 spiro atoms. The first kappa shape index (κ1) is 26.7. The molecule has 0 radical (unpaired) electrons. The van der Waals surface area contributed by atoms with Crippen molar-refractivity contribution in [3.05, 3.63) is 106 Å². The Hall–Kier alpha value is -3.33. The zero-order valence-electron chi connectivity index (χ0n) is 20.8. The first-order valence-corrected chi connectivity index (χ1v) is 13.1. The summed E-state index contributed by atoms with van der Waals surface area (Å²) in [4.78, 5) is 14.1. The van der Waals surface area contributed by atoms with Gasteiger partial charge in [0.2, 0.25) is 0 Å². The number of carbonyl (C=O) groups is 1. The molecule has 2 heterocycles. The molecule has 0 aliphatic carbocycles. The summed E-state index contributed by atoms with van der Waals surface area (Å²) < 4.78 is 33.5. The summed E-state index contributed by atoms with van der Waals surface area (Å²) in [6, 6.07) is 16.0. The SMILES string of the molecule is CCc1cccc(CNC[C@H](O)[C@@H](Cc2cc(F)cc(F)c2)NC(=O)c2cc(-c3cccs3)oc2C)c1. The summed E-state index contributed by atoms with van der Waals surface area (Å²) in [5.41, 5.74) is 2.97. The van der Waals surface area contributed by atoms with Crippen molar-refractivity contribution in [2.75, 3.05) is 6.54 Å². The predicted octanol–water partition coefficient (Wildman–Crippen LogP) is 5.65. The number of hydrogen-bond donors (Lipinski definition) is 3. The van der Waals surface area contributed by atoms with Crippen LogP contribution in [0.3, 0.4) is 0 Å². The second-order valence-corrected chi connectivity index (χ2v) is 9.94. The fraction of sp³-hybridized carbons (Fsp3) is 0.276. The molecule has 0 fully saturated rings. The van der Waals surface area contributed by atoms with Gasteiger partial charge in [0.1, 0.15) is 23.2 Å². The van der Waals surface area contributed by atoms with E-state index in [4.69, 9.17) is 4.42 Å². The van der Waals surface area contributed by atoms with Gasteiger partial charge in [0.05, 0.1) is 22.6 Å². The van der Waals surface area contributed by atoms with Crippen LogP contribution in [0.5, 0.6) is 0 Å². The van der Waals surface area contributed by atoms with Crippen LogP contribution < -0.4 is 10.6 Å². The molecule has 194 valence electrons. The molecular weight excluding hydrogens is 494 g/mol. The number of thiophene rings is 1. The zero-order valence-corrected chi connectivity index (χ0v) is 21.6. The van der Waals surface area contributed by atoms with Crippen LogP contribution >= 0.6 is 11.3 Å². The van der Waals surface area contributed by atoms with Crippen LogP contribution in [0.25, 0.3) is 10.6 Å². The van der Waals surface area contributed by atoms with Gasteiger partial charge in [-0.15, -0.1) is 11.3 Å². The van der Waals surface area contributed by atoms with Crippen molar-refractivity contribution in [1.82, 2.24) is 10.6 Å². The highest BCUT2D eigenvalue weighted by Crippen LogP contribution is 2.29. The molecular formula is C29H30F2N2O3S. The summed E-state index contributed by atoms with van der Waals surface area (Å²) in [6.07, 6.45) is -0.0479. The van der Waals surface area contributed by atoms with Crippen molar-refractivity contribution >= 4 is 17.2 Å². The quantitative estimate of drug-likeness (QED) is 0.237. The van der Waals surface area contributed by atoms with E-state index in [1.54, 1.807) is 13.0 Å². The highest BCUT2D eigenvalue weighted by Gasteiger charge is 2.25. The Morgan fingerprint density at radius 2 is 1.78 bits per heavy atom. The van der Waals surface area contributed by atoms with E-state index in [1.807, 2.05) is 29.6 Å². The standard InChI is InChI=1S/C29H30F2N2O3S/c1-3-19-6-4-7-20(10-19)16-32-17-26(34)25(13-21-11-22(30)14-23(31)12-21)33-29(35)24-15-27(36-18(24)2)28-8-5-9-37-28/h4-12,14-15,25-26,32,34H,3,13,16-17H2,1-2H3,(H,33,35)/t25-,26+/m1/s1. The van der Waals surface area contributed by atoms with E-state index in [9.17, 15) is 18.7 Å². The first-order chi connectivity index (χ1) is 17.8. The highest BCUT2D eigenvalue weighted by atomic mass is 32.1. The van der Waals surface area contributed by atoms with Gasteiger partial charge < -0.3 is 20.2 Å². The molecule has 0 unspecified atom stereocenters. The number of benzene rings is 2. The van der Waals surface area contributed by atoms with Crippen molar-refractivity contribution in [1.29, 1.82) is 0 Å². The molecule has 37 heavy (non-hydrogen) atoms. The Morgan fingerprint density at radius 1 is 1.03 bits per heavy atom. The molecule has 0 bridgehead atoms. The number of rotatable bonds is 11. The van der Waals surface area contributed by atoms with Crippen LogP contribution in [0.15, 0.2) is 70.5 Å². The molecule has 4 rings (SSSR count). The third-order valence-electron chi connectivity index (χ3n) is 6.17. The molecule has 4 aromatic rings. The summed E-state index contributed by atoms with van der Waals surface area (Å²) in [6.45, 7) is 4.49. The molecule has 0 saturated heterocycles. The minimum Gasteiger partial charge on any atom is -0.460 e. The molecule has 3 N–H and O–H groups in total. The van der Waals surface area contributed by atoms with E-state index in [0.717, 1.165) is 22.9 Å². The van der Waals surface area contributed by atoms with E-state index in [2.05, 4.69) is 29.7 Å². The van der Waals surface area contributed by atoms with Gasteiger partial charge in [-0.05, 0) is 66.1 Å². The average molecular weight is 525 g/mol. The van der Waals surface area contributed by atoms with Crippen LogP contribution in [0.2, 0.25) is 0 Å². The van der Waals surface area contributed by atoms with Gasteiger partial charge in [-0.25, -0.2) is 8.78 Å². The molecule has 1 amide bonds. The van der Waals surface area contributed by atoms with Crippen molar-refractivity contribution in [3.8, 4) is 10.6 Å². The second-order valence-electron chi connectivity index (χ2n) is 8.99. The maximum Gasteiger partial charge on any atom is 0.255 e. The average Bonchev–Trinajstić information content (AvgIpc) is 3.53. The van der Waals surface area contributed by atoms with E-state index < -0.39 is 29.7 Å². The van der Waals surface area contributed by atoms with E-state index in [-0.39, 0.29) is 13.0 Å². The summed E-state index contributed by atoms with van der Waals surface area (Å²) in [5, 5.41) is 19.0. The molecule has 5 nitrogen and oxygen atoms in total. The summed E-state index contributed by atoms with van der Waals surface area (Å²) >= 11 is 1.50. The predicted molar refractivity (Wildman–Crippen MR) is 142 cm³/mol. The molecule has 2 atom stereocenters. The maximum atomic E-state index is 13.8. The number of aliphatic hydroxyl groups excluding tert-OH is 1. The minimum atomic E-state index is -1.02. The number of carbonyl (C=O) groups excluding carboxylic acids is 1. The summed E-state index contributed by atoms with van der Waals surface area (Å²) in [7, 11) is 0. The first-order valence-electron chi connectivity index (χ1n) is 12.2. The number of halogens is 2. The highest BCUT2D eigenvalue weighted by molar-refractivity contribution is 7.13. The Kier molecular flexibility index (Phi) is 8.87. The lowest BCUT2D eigenvalue weighted by Crippen LogP contribution is -2.48. The number of aryl methyl sites for hydroxylation is 2. The molecule has 8 heteroatoms. The van der Waals surface area contributed by atoms with E-state index in [0.29, 0.717) is 29.2 Å². The van der Waals surface area contributed by atoms with Crippen LogP contribution in [-0.4, -0.2) is 29.7 Å². The van der Waals surface area contributed by atoms with Gasteiger partial charge in [0, 0.05) is 19.2 Å². The monoisotopic (exact) mass is 524 g/mol. The van der Waals surface area contributed by atoms with Crippen molar-refractivity contribution in [2.24, 2.45) is 0 Å². The van der Waals surface area contributed by atoms with Crippen LogP contribution in [0.1, 0.15) is 39.7 Å². The Labute approximate surface area is 219 Å². The molecule has 0 saturated carbocycles. The fourth-order valence-corrected chi connectivity index (χ4v) is 4.90. The number of aliphatic hydroxyl groups is 1. The second kappa shape index (κ2) is 12.3. The number of nitrogens with one attached hydrogen (secondary N) is 2. The fourth-order valence-electron chi connectivity index (χ4n) is 4.23. The van der Waals surface area contributed by atoms with Gasteiger partial charge in [-0.2, -0.15) is 0 Å². The van der Waals surface area contributed by atoms with Crippen molar-refractivity contribution < 1.29 is 23.1 Å². The molecule has 0 aliphatic rings. The lowest BCUT2D eigenvalue weighted by molar-refractivity contribution is 0.0828. The smallest absolute Gasteiger partial charge is 0.255 e. The van der Waals surface area contributed by atoms with Gasteiger partial charge >= 0.3 is 0 Å². The largest absolute Gasteiger partial charge is 0.460 e. The number of amides is 1. The zero-order chi connectivity index (χ0) is 26.4. The number of furan rings is 1. The van der Waals surface area contributed by atoms with Crippen LogP contribution in [0, 0.1) is 18.6 Å². The molecule has 2 aromatic heterocycles. The van der Waals surface area contributed by atoms with Gasteiger partial charge in [0.15, 0.2) is 0 Å². The normalized spacial score (nSPS) is 12.9. The van der Waals surface area contributed by atoms with Crippen LogP contribution in [-0.2, 0) is 19.4 Å². The van der Waals surface area contributed by atoms with Crippen molar-refractivity contribution in [3.63, 3.8) is 0 Å². The topological polar surface area (TPSA) is 74.5 Å². The Bertz CT molecular complexity index is 1320. The Balaban J connectivity index is 1.48. The van der Waals surface area contributed by atoms with E-state index >= 15 is 0 Å². The molecule has 2 aromatic carbocycles.